The molecule has 1 saturated heterocycles. The summed E-state index contributed by atoms with van der Waals surface area (Å²) in [5.74, 6) is -1.65. The van der Waals surface area contributed by atoms with Crippen LogP contribution in [0.5, 0.6) is 0 Å². The number of nitrogens with one attached hydrogen (secondary N) is 2. The second kappa shape index (κ2) is 8.49. The maximum absolute atomic E-state index is 14.4. The van der Waals surface area contributed by atoms with Gasteiger partial charge in [-0.1, -0.05) is 0 Å². The summed E-state index contributed by atoms with van der Waals surface area (Å²) in [6.07, 6.45) is 1.33. The van der Waals surface area contributed by atoms with E-state index in [1.807, 2.05) is 0 Å². The Balaban J connectivity index is 1.95. The normalized spacial score (nSPS) is 16.5. The molecule has 0 radical (unpaired) electrons. The van der Waals surface area contributed by atoms with Crippen molar-refractivity contribution in [1.82, 2.24) is 19.9 Å². The zero-order valence-electron chi connectivity index (χ0n) is 16.9. The molecule has 2 aromatic rings. The number of amides is 2. The van der Waals surface area contributed by atoms with Gasteiger partial charge in [0.1, 0.15) is 5.82 Å². The Morgan fingerprint density at radius 3 is 2.53 bits per heavy atom. The number of nitrogens with zero attached hydrogens (tertiary/aromatic N) is 2. The predicted octanol–water partition coefficient (Wildman–Crippen LogP) is 1.77. The van der Waals surface area contributed by atoms with Crippen molar-refractivity contribution in [3.05, 3.63) is 58.7 Å². The van der Waals surface area contributed by atoms with Gasteiger partial charge in [-0.2, -0.15) is 0 Å². The minimum atomic E-state index is -3.82. The SMILES string of the molecule is CNC(=O)c1ccc([C@H]2CCCN2C(=O)c2cc(S(=O)(=O)NC)ccc2F)nc1C. The van der Waals surface area contributed by atoms with Crippen molar-refractivity contribution in [3.63, 3.8) is 0 Å². The van der Waals surface area contributed by atoms with Crippen LogP contribution < -0.4 is 10.0 Å². The molecule has 8 nitrogen and oxygen atoms in total. The molecule has 1 fully saturated rings. The highest BCUT2D eigenvalue weighted by Gasteiger charge is 2.33. The van der Waals surface area contributed by atoms with Gasteiger partial charge in [0.05, 0.1) is 33.5 Å². The van der Waals surface area contributed by atoms with Crippen LogP contribution in [0.3, 0.4) is 0 Å². The van der Waals surface area contributed by atoms with E-state index in [4.69, 9.17) is 0 Å². The fraction of sp³-hybridized carbons (Fsp3) is 0.350. The highest BCUT2D eigenvalue weighted by Crippen LogP contribution is 2.33. The van der Waals surface area contributed by atoms with Crippen LogP contribution >= 0.6 is 0 Å². The van der Waals surface area contributed by atoms with E-state index in [2.05, 4.69) is 15.0 Å². The topological polar surface area (TPSA) is 108 Å². The zero-order valence-corrected chi connectivity index (χ0v) is 17.7. The van der Waals surface area contributed by atoms with E-state index in [9.17, 15) is 22.4 Å². The Hall–Kier alpha value is -2.85. The minimum absolute atomic E-state index is 0.186. The third kappa shape index (κ3) is 4.05. The lowest BCUT2D eigenvalue weighted by molar-refractivity contribution is 0.0727. The lowest BCUT2D eigenvalue weighted by atomic mass is 10.1. The van der Waals surface area contributed by atoms with Gasteiger partial charge in [0.15, 0.2) is 0 Å². The minimum Gasteiger partial charge on any atom is -0.355 e. The molecule has 160 valence electrons. The maximum atomic E-state index is 14.4. The summed E-state index contributed by atoms with van der Waals surface area (Å²) in [6.45, 7) is 2.10. The standard InChI is InChI=1S/C20H23FN4O4S/c1-12-14(19(26)22-2)7-9-17(24-12)18-5-4-10-25(18)20(27)15-11-13(6-8-16(15)21)30(28,29)23-3/h6-9,11,18,23H,4-5,10H2,1-3H3,(H,22,26)/t18-/m1/s1. The van der Waals surface area contributed by atoms with Gasteiger partial charge in [0.25, 0.3) is 11.8 Å². The second-order valence-corrected chi connectivity index (χ2v) is 8.84. The number of carbonyl (C=O) groups excluding carboxylic acids is 2. The molecule has 0 spiro atoms. The van der Waals surface area contributed by atoms with E-state index in [1.54, 1.807) is 19.1 Å². The van der Waals surface area contributed by atoms with Crippen molar-refractivity contribution in [3.8, 4) is 0 Å². The number of pyridine rings is 1. The summed E-state index contributed by atoms with van der Waals surface area (Å²) < 4.78 is 40.7. The van der Waals surface area contributed by atoms with Crippen molar-refractivity contribution in [2.24, 2.45) is 0 Å². The van der Waals surface area contributed by atoms with Crippen molar-refractivity contribution < 1.29 is 22.4 Å². The number of hydrogen-bond acceptors (Lipinski definition) is 5. The molecular weight excluding hydrogens is 411 g/mol. The number of rotatable bonds is 5. The molecular formula is C20H23FN4O4S. The quantitative estimate of drug-likeness (QED) is 0.746. The first kappa shape index (κ1) is 21.8. The first-order chi connectivity index (χ1) is 14.2. The molecule has 3 rings (SSSR count). The van der Waals surface area contributed by atoms with Crippen molar-refractivity contribution >= 4 is 21.8 Å². The highest BCUT2D eigenvalue weighted by atomic mass is 32.2. The number of sulfonamides is 1. The molecule has 1 aliphatic heterocycles. The highest BCUT2D eigenvalue weighted by molar-refractivity contribution is 7.89. The Kier molecular flexibility index (Phi) is 6.18. The summed E-state index contributed by atoms with van der Waals surface area (Å²) in [5, 5.41) is 2.55. The average molecular weight is 434 g/mol. The molecule has 2 heterocycles. The van der Waals surface area contributed by atoms with Gasteiger partial charge in [-0.3, -0.25) is 14.6 Å². The van der Waals surface area contributed by atoms with E-state index >= 15 is 0 Å². The van der Waals surface area contributed by atoms with Crippen LogP contribution in [0.4, 0.5) is 4.39 Å². The number of aryl methyl sites for hydroxylation is 1. The van der Waals surface area contributed by atoms with Gasteiger partial charge in [0.2, 0.25) is 10.0 Å². The van der Waals surface area contributed by atoms with E-state index in [0.29, 0.717) is 36.3 Å². The Labute approximate surface area is 174 Å². The van der Waals surface area contributed by atoms with Crippen LogP contribution in [0.15, 0.2) is 35.2 Å². The summed E-state index contributed by atoms with van der Waals surface area (Å²) in [7, 11) is -1.04. The molecule has 30 heavy (non-hydrogen) atoms. The number of halogens is 1. The van der Waals surface area contributed by atoms with Crippen molar-refractivity contribution in [2.75, 3.05) is 20.6 Å². The van der Waals surface area contributed by atoms with Gasteiger partial charge < -0.3 is 10.2 Å². The molecule has 2 N–H and O–H groups in total. The number of aromatic nitrogens is 1. The number of carbonyl (C=O) groups is 2. The molecule has 1 aliphatic rings. The van der Waals surface area contributed by atoms with E-state index in [-0.39, 0.29) is 22.4 Å². The molecule has 10 heteroatoms. The first-order valence-corrected chi connectivity index (χ1v) is 10.9. The molecule has 0 bridgehead atoms. The summed E-state index contributed by atoms with van der Waals surface area (Å²) in [4.78, 5) is 30.8. The van der Waals surface area contributed by atoms with Gasteiger partial charge in [0, 0.05) is 13.6 Å². The fourth-order valence-electron chi connectivity index (χ4n) is 3.57. The van der Waals surface area contributed by atoms with Gasteiger partial charge in [-0.15, -0.1) is 0 Å². The number of hydrogen-bond donors (Lipinski definition) is 2. The Morgan fingerprint density at radius 2 is 1.90 bits per heavy atom. The summed E-state index contributed by atoms with van der Waals surface area (Å²) in [5.41, 5.74) is 1.26. The molecule has 1 aromatic heterocycles. The Morgan fingerprint density at radius 1 is 1.17 bits per heavy atom. The van der Waals surface area contributed by atoms with E-state index in [0.717, 1.165) is 18.2 Å². The monoisotopic (exact) mass is 434 g/mol. The third-order valence-corrected chi connectivity index (χ3v) is 6.59. The molecule has 0 saturated carbocycles. The Bertz CT molecular complexity index is 1100. The van der Waals surface area contributed by atoms with Crippen LogP contribution in [-0.2, 0) is 10.0 Å². The van der Waals surface area contributed by atoms with Crippen LogP contribution in [0.2, 0.25) is 0 Å². The summed E-state index contributed by atoms with van der Waals surface area (Å²) in [6, 6.07) is 6.08. The largest absolute Gasteiger partial charge is 0.355 e. The first-order valence-electron chi connectivity index (χ1n) is 9.43. The molecule has 1 aromatic carbocycles. The zero-order chi connectivity index (χ0) is 22.1. The van der Waals surface area contributed by atoms with E-state index < -0.39 is 21.7 Å². The van der Waals surface area contributed by atoms with Crippen LogP contribution in [0.1, 0.15) is 51.0 Å². The maximum Gasteiger partial charge on any atom is 0.257 e. The fourth-order valence-corrected chi connectivity index (χ4v) is 4.32. The number of benzene rings is 1. The average Bonchev–Trinajstić information content (AvgIpc) is 3.22. The number of likely N-dealkylation sites (tertiary alicyclic amines) is 1. The molecule has 1 atom stereocenters. The lowest BCUT2D eigenvalue weighted by Gasteiger charge is -2.25. The van der Waals surface area contributed by atoms with Crippen LogP contribution in [0, 0.1) is 12.7 Å². The van der Waals surface area contributed by atoms with Crippen molar-refractivity contribution in [2.45, 2.75) is 30.7 Å². The van der Waals surface area contributed by atoms with Gasteiger partial charge >= 0.3 is 0 Å². The lowest BCUT2D eigenvalue weighted by Crippen LogP contribution is -2.32. The predicted molar refractivity (Wildman–Crippen MR) is 108 cm³/mol. The van der Waals surface area contributed by atoms with Gasteiger partial charge in [-0.05, 0) is 57.1 Å². The molecule has 0 aliphatic carbocycles. The van der Waals surface area contributed by atoms with Crippen LogP contribution in [-0.4, -0.2) is 50.8 Å². The molecule has 2 amide bonds. The van der Waals surface area contributed by atoms with Gasteiger partial charge in [-0.25, -0.2) is 17.5 Å². The third-order valence-electron chi connectivity index (χ3n) is 5.18. The van der Waals surface area contributed by atoms with Crippen LogP contribution in [0.25, 0.3) is 0 Å². The molecule has 0 unspecified atom stereocenters. The summed E-state index contributed by atoms with van der Waals surface area (Å²) >= 11 is 0. The second-order valence-electron chi connectivity index (χ2n) is 6.95. The van der Waals surface area contributed by atoms with E-state index in [1.165, 1.54) is 19.0 Å². The van der Waals surface area contributed by atoms with Crippen molar-refractivity contribution in [1.29, 1.82) is 0 Å². The smallest absolute Gasteiger partial charge is 0.257 e.